The van der Waals surface area contributed by atoms with Gasteiger partial charge in [-0.3, -0.25) is 0 Å². The molecule has 0 N–H and O–H groups in total. The van der Waals surface area contributed by atoms with Crippen LogP contribution < -0.4 is 0 Å². The Morgan fingerprint density at radius 3 is 0.813 bits per heavy atom. The summed E-state index contributed by atoms with van der Waals surface area (Å²) in [6, 6.07) is 99.9. The summed E-state index contributed by atoms with van der Waals surface area (Å²) in [6.45, 7) is 12.2. The summed E-state index contributed by atoms with van der Waals surface area (Å²) < 4.78 is 184. The zero-order valence-electron chi connectivity index (χ0n) is 72.9. The van der Waals surface area contributed by atoms with Gasteiger partial charge in [0.15, 0.2) is 34.9 Å². The first-order valence-electron chi connectivity index (χ1n) is 43.5. The van der Waals surface area contributed by atoms with Gasteiger partial charge in [-0.15, -0.1) is 0 Å². The Labute approximate surface area is 763 Å². The highest BCUT2D eigenvalue weighted by Crippen LogP contribution is 2.50. The van der Waals surface area contributed by atoms with Crippen LogP contribution >= 0.6 is 0 Å². The van der Waals surface area contributed by atoms with Crippen LogP contribution in [0.2, 0.25) is 0 Å². The molecule has 20 rings (SSSR count). The van der Waals surface area contributed by atoms with Crippen molar-refractivity contribution in [2.75, 3.05) is 0 Å². The fourth-order valence-corrected chi connectivity index (χ4v) is 18.6. The van der Waals surface area contributed by atoms with Crippen molar-refractivity contribution in [1.29, 1.82) is 0 Å². The number of fused-ring (bicyclic) bond motifs is 6. The Morgan fingerprint density at radius 1 is 0.201 bits per heavy atom. The van der Waals surface area contributed by atoms with Crippen molar-refractivity contribution < 1.29 is 52.7 Å². The van der Waals surface area contributed by atoms with Crippen LogP contribution in [0.1, 0.15) is 66.8 Å². The van der Waals surface area contributed by atoms with Crippen molar-refractivity contribution in [1.82, 2.24) is 39.0 Å². The van der Waals surface area contributed by atoms with E-state index in [9.17, 15) is 26.3 Å². The van der Waals surface area contributed by atoms with Gasteiger partial charge in [-0.2, -0.15) is 52.7 Å². The van der Waals surface area contributed by atoms with E-state index >= 15 is 26.3 Å². The van der Waals surface area contributed by atoms with Gasteiger partial charge in [-0.1, -0.05) is 288 Å². The number of aromatic nitrogens is 8. The maximum absolute atomic E-state index is 15.6. The Kier molecular flexibility index (Phi) is 21.9. The van der Waals surface area contributed by atoms with Gasteiger partial charge in [0, 0.05) is 54.9 Å². The molecule has 8 nitrogen and oxygen atoms in total. The molecule has 20 heteroatoms. The van der Waals surface area contributed by atoms with Crippen LogP contribution in [0.3, 0.4) is 0 Å². The van der Waals surface area contributed by atoms with Crippen LogP contribution in [0.25, 0.3) is 190 Å². The summed E-state index contributed by atoms with van der Waals surface area (Å²) >= 11 is 0. The van der Waals surface area contributed by atoms with Gasteiger partial charge >= 0.3 is 24.7 Å². The summed E-state index contributed by atoms with van der Waals surface area (Å²) in [6.07, 6.45) is -19.4. The van der Waals surface area contributed by atoms with Crippen molar-refractivity contribution in [2.24, 2.45) is 0 Å². The number of halogens is 12. The fraction of sp³-hybridized carbons (Fsp3) is 0.105. The minimum absolute atomic E-state index is 0.0208. The molecule has 0 spiro atoms. The first-order chi connectivity index (χ1) is 64.3. The molecule has 16 aromatic carbocycles. The van der Waals surface area contributed by atoms with Gasteiger partial charge < -0.3 is 9.13 Å². The fourth-order valence-electron chi connectivity index (χ4n) is 18.6. The van der Waals surface area contributed by atoms with E-state index in [0.29, 0.717) is 115 Å². The Morgan fingerprint density at radius 2 is 0.485 bits per heavy atom. The summed E-state index contributed by atoms with van der Waals surface area (Å²) in [5.41, 5.74) is 15.0. The second-order valence-electron chi connectivity index (χ2n) is 34.3. The topological polar surface area (TPSA) is 87.2 Å². The highest BCUT2D eigenvalue weighted by Gasteiger charge is 2.41. The van der Waals surface area contributed by atoms with Crippen molar-refractivity contribution in [2.45, 2.75) is 79.1 Å². The summed E-state index contributed by atoms with van der Waals surface area (Å²) in [7, 11) is 0. The van der Waals surface area contributed by atoms with E-state index in [1.54, 1.807) is 24.3 Å². The molecular formula is C114H78F12N8. The van der Waals surface area contributed by atoms with Crippen molar-refractivity contribution in [3.05, 3.63) is 406 Å². The SMILES string of the molecule is Cc1cc(C)cc(-c2ccc3c(c2)c2cc(-c4cc(C)cc(CCc5cc(C)cc(-c6ccc7c8ccc(-c9cc(C)cc(C)c9)cc8n(-c8cc(-c9ccc(C(F)(F)F)cc9C(F)(F)F)ccc8-c8nc(-c9ccccc9)nc(-c9ccccc9)n8)c7c6)c5)c4)ccc2n3-c2cc(-c3ccc(C(F)(F)F)cc3C(F)(F)F)ccc2-c2nc(-c3ccccc3)nc(-c3ccccc3)n2)c1. The third-order valence-electron chi connectivity index (χ3n) is 24.6. The number of alkyl halides is 12. The van der Waals surface area contributed by atoms with Gasteiger partial charge in [-0.25, -0.2) is 29.9 Å². The highest BCUT2D eigenvalue weighted by molar-refractivity contribution is 6.14. The van der Waals surface area contributed by atoms with Crippen molar-refractivity contribution in [3.63, 3.8) is 0 Å². The molecule has 0 saturated carbocycles. The van der Waals surface area contributed by atoms with Gasteiger partial charge in [0.05, 0.1) is 55.7 Å². The number of nitrogens with zero attached hydrogens (tertiary/aromatic N) is 8. The molecule has 658 valence electrons. The van der Waals surface area contributed by atoms with E-state index in [1.807, 2.05) is 214 Å². The van der Waals surface area contributed by atoms with E-state index in [0.717, 1.165) is 123 Å². The third kappa shape index (κ3) is 17.0. The first kappa shape index (κ1) is 86.3. The summed E-state index contributed by atoms with van der Waals surface area (Å²) in [5, 5.41) is 3.14. The number of hydrogen-bond donors (Lipinski definition) is 0. The molecule has 0 bridgehead atoms. The van der Waals surface area contributed by atoms with E-state index in [1.165, 1.54) is 12.1 Å². The quantitative estimate of drug-likeness (QED) is 0.0844. The molecule has 0 unspecified atom stereocenters. The van der Waals surface area contributed by atoms with Crippen LogP contribution in [0, 0.1) is 41.5 Å². The van der Waals surface area contributed by atoms with Crippen LogP contribution in [0.5, 0.6) is 0 Å². The lowest BCUT2D eigenvalue weighted by atomic mass is 9.94. The first-order valence-corrected chi connectivity index (χ1v) is 43.5. The molecule has 0 radical (unpaired) electrons. The molecule has 0 aliphatic carbocycles. The normalized spacial score (nSPS) is 12.2. The van der Waals surface area contributed by atoms with E-state index in [-0.39, 0.29) is 34.9 Å². The summed E-state index contributed by atoms with van der Waals surface area (Å²) in [4.78, 5) is 30.5. The van der Waals surface area contributed by atoms with Gasteiger partial charge in [0.25, 0.3) is 0 Å². The monoisotopic (exact) mass is 1790 g/mol. The molecule has 4 aromatic heterocycles. The lowest BCUT2D eigenvalue weighted by Gasteiger charge is -2.19. The number of rotatable bonds is 17. The molecule has 0 aliphatic heterocycles. The van der Waals surface area contributed by atoms with E-state index < -0.39 is 58.1 Å². The maximum Gasteiger partial charge on any atom is 0.417 e. The summed E-state index contributed by atoms with van der Waals surface area (Å²) in [5.74, 6) is 1.59. The molecule has 20 aromatic rings. The minimum Gasteiger partial charge on any atom is -0.308 e. The second kappa shape index (κ2) is 33.9. The Hall–Kier alpha value is -15.7. The molecule has 0 atom stereocenters. The number of aryl methyl sites for hydroxylation is 8. The minimum atomic E-state index is -5.22. The van der Waals surface area contributed by atoms with Crippen LogP contribution in [0.4, 0.5) is 52.7 Å². The molecule has 0 aliphatic rings. The predicted octanol–water partition coefficient (Wildman–Crippen LogP) is 32.0. The molecule has 0 saturated heterocycles. The predicted molar refractivity (Wildman–Crippen MR) is 509 cm³/mol. The van der Waals surface area contributed by atoms with E-state index in [4.69, 9.17) is 29.9 Å². The van der Waals surface area contributed by atoms with Crippen LogP contribution in [0.15, 0.2) is 340 Å². The lowest BCUT2D eigenvalue weighted by Crippen LogP contribution is -2.12. The number of hydrogen-bond acceptors (Lipinski definition) is 6. The van der Waals surface area contributed by atoms with Crippen LogP contribution in [-0.4, -0.2) is 39.0 Å². The van der Waals surface area contributed by atoms with Gasteiger partial charge in [0.2, 0.25) is 0 Å². The Bertz CT molecular complexity index is 7900. The molecule has 134 heavy (non-hydrogen) atoms. The molecule has 0 fully saturated rings. The molecule has 0 amide bonds. The Balaban J connectivity index is 0.724. The van der Waals surface area contributed by atoms with Gasteiger partial charge in [0.1, 0.15) is 0 Å². The average molecular weight is 1790 g/mol. The zero-order valence-corrected chi connectivity index (χ0v) is 72.9. The molecular weight excluding hydrogens is 1710 g/mol. The maximum atomic E-state index is 15.6. The van der Waals surface area contributed by atoms with E-state index in [2.05, 4.69) is 103 Å². The lowest BCUT2D eigenvalue weighted by molar-refractivity contribution is -0.144. The standard InChI is InChI=1S/C114H78F12N8/c1-65-45-66(2)50-83(49-65)77-33-43-99-95(57-77)96-58-78(34-44-100(96)133(99)103-61-81(89-41-35-87(111(115,116)117)63-97(89)113(121,122)123)31-39-93(103)109-129-105(73-19-11-7-12-20-73)127-106(130-109)74-21-13-8-14-22-74)85-53-69(5)47-71(55-85)27-28-72-48-70(6)54-86(56-72)80-30-38-92-91-37-29-79(84-51-67(3)46-68(4)52-84)59-101(91)134(102(92)60-80)104-62-82(90-42-36-88(112(118,119)120)64-98(90)114(124,125)126)32-40-94(104)110-131-107(75-23-15-9-16-24-75)128-108(132-110)76-25-17-10-18-26-76/h7-26,29-64H,27-28H2,1-6H3. The molecule has 4 heterocycles. The third-order valence-corrected chi connectivity index (χ3v) is 24.6. The highest BCUT2D eigenvalue weighted by atomic mass is 19.4. The van der Waals surface area contributed by atoms with Gasteiger partial charge in [-0.05, 0) is 217 Å². The zero-order chi connectivity index (χ0) is 93.0. The van der Waals surface area contributed by atoms with Crippen molar-refractivity contribution in [3.8, 4) is 146 Å². The number of benzene rings is 16. The smallest absolute Gasteiger partial charge is 0.308 e. The second-order valence-corrected chi connectivity index (χ2v) is 34.3. The van der Waals surface area contributed by atoms with Crippen molar-refractivity contribution >= 4 is 43.6 Å². The largest absolute Gasteiger partial charge is 0.417 e. The average Bonchev–Trinajstić information content (AvgIpc) is 0.857. The van der Waals surface area contributed by atoms with Crippen LogP contribution in [-0.2, 0) is 37.5 Å².